The Bertz CT molecular complexity index is 604. The first kappa shape index (κ1) is 11.4. The van der Waals surface area contributed by atoms with E-state index >= 15 is 0 Å². The zero-order valence-electron chi connectivity index (χ0n) is 9.41. The highest BCUT2D eigenvalue weighted by Gasteiger charge is 2.05. The summed E-state index contributed by atoms with van der Waals surface area (Å²) in [6, 6.07) is 10.2. The Labute approximate surface area is 113 Å². The Morgan fingerprint density at radius 1 is 1.22 bits per heavy atom. The van der Waals surface area contributed by atoms with Gasteiger partial charge in [0.05, 0.1) is 5.69 Å². The predicted octanol–water partition coefficient (Wildman–Crippen LogP) is 3.22. The van der Waals surface area contributed by atoms with Crippen molar-refractivity contribution in [2.45, 2.75) is 10.9 Å². The number of nitrogens with one attached hydrogen (secondary N) is 1. The molecule has 0 aliphatic carbocycles. The Balaban J connectivity index is 1.70. The van der Waals surface area contributed by atoms with E-state index in [2.05, 4.69) is 37.7 Å². The van der Waals surface area contributed by atoms with Gasteiger partial charge in [0.15, 0.2) is 5.16 Å². The average Bonchev–Trinajstić information content (AvgIpc) is 3.09. The van der Waals surface area contributed by atoms with E-state index in [0.29, 0.717) is 0 Å². The van der Waals surface area contributed by atoms with Crippen LogP contribution in [-0.4, -0.2) is 20.2 Å². The van der Waals surface area contributed by atoms with E-state index in [1.807, 2.05) is 18.2 Å². The zero-order valence-corrected chi connectivity index (χ0v) is 11.0. The van der Waals surface area contributed by atoms with Crippen LogP contribution < -0.4 is 0 Å². The summed E-state index contributed by atoms with van der Waals surface area (Å²) in [4.78, 5) is 8.68. The molecule has 0 atom stereocenters. The summed E-state index contributed by atoms with van der Waals surface area (Å²) in [5.74, 6) is 0.804. The number of hydrogen-bond donors (Lipinski definition) is 1. The van der Waals surface area contributed by atoms with Gasteiger partial charge in [0, 0.05) is 16.7 Å². The Morgan fingerprint density at radius 3 is 2.89 bits per heavy atom. The first-order valence-electron chi connectivity index (χ1n) is 5.40. The molecule has 0 fully saturated rings. The minimum atomic E-state index is 0.804. The Kier molecular flexibility index (Phi) is 3.38. The van der Waals surface area contributed by atoms with Crippen LogP contribution in [0.4, 0.5) is 0 Å². The van der Waals surface area contributed by atoms with E-state index in [1.165, 1.54) is 11.9 Å². The highest BCUT2D eigenvalue weighted by molar-refractivity contribution is 7.98. The maximum absolute atomic E-state index is 4.62. The van der Waals surface area contributed by atoms with Crippen molar-refractivity contribution in [1.82, 2.24) is 20.2 Å². The number of rotatable bonds is 4. The van der Waals surface area contributed by atoms with Crippen LogP contribution in [0.5, 0.6) is 0 Å². The van der Waals surface area contributed by atoms with Gasteiger partial charge < -0.3 is 0 Å². The third-order valence-electron chi connectivity index (χ3n) is 2.32. The molecule has 90 valence electrons. The number of hydrogen-bond acceptors (Lipinski definition) is 5. The molecular formula is C12H10N4S2. The summed E-state index contributed by atoms with van der Waals surface area (Å²) < 4.78 is 0. The van der Waals surface area contributed by atoms with Gasteiger partial charge in [-0.2, -0.15) is 5.10 Å². The third kappa shape index (κ3) is 2.60. The van der Waals surface area contributed by atoms with Crippen LogP contribution in [0.1, 0.15) is 5.69 Å². The fraction of sp³-hybridized carbons (Fsp3) is 0.0833. The summed E-state index contributed by atoms with van der Waals surface area (Å²) in [6.45, 7) is 0. The van der Waals surface area contributed by atoms with Crippen LogP contribution in [-0.2, 0) is 5.75 Å². The molecule has 2 heterocycles. The molecular weight excluding hydrogens is 264 g/mol. The normalized spacial score (nSPS) is 10.7. The third-order valence-corrected chi connectivity index (χ3v) is 4.17. The summed E-state index contributed by atoms with van der Waals surface area (Å²) in [5.41, 5.74) is 2.23. The van der Waals surface area contributed by atoms with E-state index in [1.54, 1.807) is 23.1 Å². The molecule has 1 N–H and O–H groups in total. The number of aromatic amines is 1. The summed E-state index contributed by atoms with van der Waals surface area (Å²) in [5, 5.41) is 10.6. The number of nitrogens with zero attached hydrogens (tertiary/aromatic N) is 3. The zero-order chi connectivity index (χ0) is 12.2. The molecule has 3 aromatic rings. The molecule has 1 aromatic carbocycles. The monoisotopic (exact) mass is 274 g/mol. The van der Waals surface area contributed by atoms with E-state index in [4.69, 9.17) is 0 Å². The van der Waals surface area contributed by atoms with E-state index < -0.39 is 0 Å². The van der Waals surface area contributed by atoms with Crippen molar-refractivity contribution in [2.75, 3.05) is 0 Å². The van der Waals surface area contributed by atoms with Crippen LogP contribution in [0, 0.1) is 0 Å². The van der Waals surface area contributed by atoms with E-state index in [0.717, 1.165) is 21.6 Å². The summed E-state index contributed by atoms with van der Waals surface area (Å²) >= 11 is 3.27. The average molecular weight is 274 g/mol. The lowest BCUT2D eigenvalue weighted by atomic mass is 10.2. The highest BCUT2D eigenvalue weighted by atomic mass is 32.2. The molecule has 3 rings (SSSR count). The lowest BCUT2D eigenvalue weighted by Crippen LogP contribution is -1.83. The van der Waals surface area contributed by atoms with Crippen LogP contribution in [0.25, 0.3) is 10.6 Å². The molecule has 0 spiro atoms. The molecule has 0 unspecified atom stereocenters. The largest absolute Gasteiger partial charge is 0.254 e. The Hall–Kier alpha value is -1.66. The van der Waals surface area contributed by atoms with E-state index in [9.17, 15) is 0 Å². The molecule has 6 heteroatoms. The molecule has 0 radical (unpaired) electrons. The predicted molar refractivity (Wildman–Crippen MR) is 73.5 cm³/mol. The van der Waals surface area contributed by atoms with Gasteiger partial charge in [-0.15, -0.1) is 11.3 Å². The first-order valence-corrected chi connectivity index (χ1v) is 7.26. The molecule has 0 saturated carbocycles. The van der Waals surface area contributed by atoms with Gasteiger partial charge in [-0.05, 0) is 0 Å². The molecule has 18 heavy (non-hydrogen) atoms. The fourth-order valence-electron chi connectivity index (χ4n) is 1.49. The maximum Gasteiger partial charge on any atom is 0.183 e. The first-order chi connectivity index (χ1) is 8.92. The number of thiazole rings is 1. The summed E-state index contributed by atoms with van der Waals surface area (Å²) in [6.07, 6.45) is 1.51. The fourth-order valence-corrected chi connectivity index (χ4v) is 3.10. The quantitative estimate of drug-likeness (QED) is 0.742. The molecule has 0 bridgehead atoms. The molecule has 4 nitrogen and oxygen atoms in total. The second kappa shape index (κ2) is 5.32. The smallest absolute Gasteiger partial charge is 0.183 e. The van der Waals surface area contributed by atoms with E-state index in [-0.39, 0.29) is 0 Å². The second-order valence-electron chi connectivity index (χ2n) is 3.59. The molecule has 0 saturated heterocycles. The van der Waals surface area contributed by atoms with Crippen molar-refractivity contribution in [1.29, 1.82) is 0 Å². The number of aromatic nitrogens is 4. The molecule has 0 aliphatic heterocycles. The number of H-pyrrole nitrogens is 1. The van der Waals surface area contributed by atoms with Crippen LogP contribution >= 0.6 is 23.1 Å². The lowest BCUT2D eigenvalue weighted by molar-refractivity contribution is 0.972. The van der Waals surface area contributed by atoms with Crippen molar-refractivity contribution >= 4 is 23.1 Å². The number of benzene rings is 1. The summed E-state index contributed by atoms with van der Waals surface area (Å²) in [7, 11) is 0. The minimum absolute atomic E-state index is 0.804. The van der Waals surface area contributed by atoms with Gasteiger partial charge in [0.1, 0.15) is 11.3 Å². The van der Waals surface area contributed by atoms with Gasteiger partial charge >= 0.3 is 0 Å². The standard InChI is InChI=1S/C12H10N4S2/c1-2-4-9(5-3-1)11-15-10(6-17-11)7-18-12-13-8-14-16-12/h1-6,8H,7H2,(H,13,14,16). The van der Waals surface area contributed by atoms with Gasteiger partial charge in [0.25, 0.3) is 0 Å². The van der Waals surface area contributed by atoms with Crippen LogP contribution in [0.15, 0.2) is 47.2 Å². The lowest BCUT2D eigenvalue weighted by Gasteiger charge is -1.94. The maximum atomic E-state index is 4.62. The molecule has 0 aliphatic rings. The minimum Gasteiger partial charge on any atom is -0.254 e. The van der Waals surface area contributed by atoms with Crippen molar-refractivity contribution < 1.29 is 0 Å². The molecule has 2 aromatic heterocycles. The van der Waals surface area contributed by atoms with Crippen LogP contribution in [0.2, 0.25) is 0 Å². The highest BCUT2D eigenvalue weighted by Crippen LogP contribution is 2.26. The van der Waals surface area contributed by atoms with Crippen molar-refractivity contribution in [3.05, 3.63) is 47.7 Å². The van der Waals surface area contributed by atoms with Crippen molar-refractivity contribution in [3.8, 4) is 10.6 Å². The van der Waals surface area contributed by atoms with Gasteiger partial charge in [0.2, 0.25) is 0 Å². The molecule has 0 amide bonds. The topological polar surface area (TPSA) is 54.5 Å². The van der Waals surface area contributed by atoms with Gasteiger partial charge in [-0.3, -0.25) is 5.10 Å². The Morgan fingerprint density at radius 2 is 2.11 bits per heavy atom. The van der Waals surface area contributed by atoms with Gasteiger partial charge in [-0.25, -0.2) is 9.97 Å². The van der Waals surface area contributed by atoms with Crippen molar-refractivity contribution in [3.63, 3.8) is 0 Å². The second-order valence-corrected chi connectivity index (χ2v) is 5.41. The van der Waals surface area contributed by atoms with Gasteiger partial charge in [-0.1, -0.05) is 42.1 Å². The van der Waals surface area contributed by atoms with Crippen molar-refractivity contribution in [2.24, 2.45) is 0 Å². The number of thioether (sulfide) groups is 1. The SMILES string of the molecule is c1ccc(-c2nc(CSc3ncn[nH]3)cs2)cc1. The van der Waals surface area contributed by atoms with Crippen LogP contribution in [0.3, 0.4) is 0 Å².